The van der Waals surface area contributed by atoms with Crippen LogP contribution >= 0.6 is 11.3 Å². The predicted molar refractivity (Wildman–Crippen MR) is 69.4 cm³/mol. The average Bonchev–Trinajstić information content (AvgIpc) is 2.74. The smallest absolute Gasteiger partial charge is 0.180 e. The van der Waals surface area contributed by atoms with Crippen molar-refractivity contribution >= 4 is 16.5 Å². The van der Waals surface area contributed by atoms with Crippen molar-refractivity contribution in [3.05, 3.63) is 11.1 Å². The second-order valence-electron chi connectivity index (χ2n) is 5.66. The molecule has 0 radical (unpaired) electrons. The summed E-state index contributed by atoms with van der Waals surface area (Å²) < 4.78 is 0. The number of hydrogen-bond acceptors (Lipinski definition) is 4. The average molecular weight is 239 g/mol. The lowest BCUT2D eigenvalue weighted by Crippen LogP contribution is -2.38. The van der Waals surface area contributed by atoms with E-state index in [0.29, 0.717) is 16.6 Å². The maximum Gasteiger partial charge on any atom is 0.180 e. The number of thiazole rings is 1. The maximum absolute atomic E-state index is 5.66. The SMILES string of the molecule is CC(C)(C)C1CCCN1Cc1cnc(N)s1. The summed E-state index contributed by atoms with van der Waals surface area (Å²) in [6.45, 7) is 9.21. The van der Waals surface area contributed by atoms with Gasteiger partial charge in [0.2, 0.25) is 0 Å². The Morgan fingerprint density at radius 1 is 1.56 bits per heavy atom. The van der Waals surface area contributed by atoms with E-state index in [1.54, 1.807) is 11.3 Å². The van der Waals surface area contributed by atoms with Gasteiger partial charge in [0.1, 0.15) is 0 Å². The zero-order chi connectivity index (χ0) is 11.8. The van der Waals surface area contributed by atoms with Crippen LogP contribution in [0.1, 0.15) is 38.5 Å². The molecule has 1 atom stereocenters. The second kappa shape index (κ2) is 4.34. The van der Waals surface area contributed by atoms with Crippen LogP contribution in [0.5, 0.6) is 0 Å². The van der Waals surface area contributed by atoms with Crippen molar-refractivity contribution in [2.75, 3.05) is 12.3 Å². The minimum absolute atomic E-state index is 0.368. The first-order chi connectivity index (χ1) is 7.47. The number of aromatic nitrogens is 1. The molecule has 1 aromatic rings. The summed E-state index contributed by atoms with van der Waals surface area (Å²) in [4.78, 5) is 7.98. The Balaban J connectivity index is 2.04. The van der Waals surface area contributed by atoms with E-state index < -0.39 is 0 Å². The first-order valence-electron chi connectivity index (χ1n) is 5.91. The molecule has 4 heteroatoms. The Hall–Kier alpha value is -0.610. The third-order valence-corrected chi connectivity index (χ3v) is 4.10. The number of rotatable bonds is 2. The minimum atomic E-state index is 0.368. The molecule has 0 aromatic carbocycles. The van der Waals surface area contributed by atoms with E-state index in [1.165, 1.54) is 24.3 Å². The number of nitrogens with two attached hydrogens (primary N) is 1. The molecule has 2 N–H and O–H groups in total. The molecule has 90 valence electrons. The molecule has 1 aromatic heterocycles. The molecule has 0 saturated carbocycles. The van der Waals surface area contributed by atoms with E-state index in [0.717, 1.165) is 6.54 Å². The fourth-order valence-electron chi connectivity index (χ4n) is 2.59. The van der Waals surface area contributed by atoms with Gasteiger partial charge in [-0.05, 0) is 24.8 Å². The third kappa shape index (κ3) is 2.55. The van der Waals surface area contributed by atoms with Gasteiger partial charge < -0.3 is 5.73 Å². The van der Waals surface area contributed by atoms with E-state index >= 15 is 0 Å². The van der Waals surface area contributed by atoms with E-state index in [-0.39, 0.29) is 0 Å². The molecule has 2 heterocycles. The number of anilines is 1. The van der Waals surface area contributed by atoms with Gasteiger partial charge in [-0.2, -0.15) is 0 Å². The number of nitrogen functional groups attached to an aromatic ring is 1. The van der Waals surface area contributed by atoms with Gasteiger partial charge in [0.05, 0.1) is 0 Å². The highest BCUT2D eigenvalue weighted by Gasteiger charge is 2.33. The van der Waals surface area contributed by atoms with Crippen LogP contribution in [0, 0.1) is 5.41 Å². The lowest BCUT2D eigenvalue weighted by molar-refractivity contribution is 0.135. The van der Waals surface area contributed by atoms with Crippen LogP contribution in [0.3, 0.4) is 0 Å². The van der Waals surface area contributed by atoms with Crippen molar-refractivity contribution in [1.82, 2.24) is 9.88 Å². The van der Waals surface area contributed by atoms with Crippen LogP contribution in [-0.2, 0) is 6.54 Å². The standard InChI is InChI=1S/C12H21N3S/c1-12(2,3)10-5-4-6-15(10)8-9-7-14-11(13)16-9/h7,10H,4-6,8H2,1-3H3,(H2,13,14). The lowest BCUT2D eigenvalue weighted by Gasteiger charge is -2.34. The van der Waals surface area contributed by atoms with Crippen LogP contribution in [0.25, 0.3) is 0 Å². The van der Waals surface area contributed by atoms with E-state index in [2.05, 4.69) is 30.7 Å². The topological polar surface area (TPSA) is 42.2 Å². The van der Waals surface area contributed by atoms with Gasteiger partial charge in [0.25, 0.3) is 0 Å². The Labute approximate surface area is 102 Å². The predicted octanol–water partition coefficient (Wildman–Crippen LogP) is 2.74. The molecule has 0 bridgehead atoms. The second-order valence-corrected chi connectivity index (χ2v) is 6.81. The van der Waals surface area contributed by atoms with E-state index in [1.807, 2.05) is 6.20 Å². The molecular formula is C12H21N3S. The molecule has 0 aliphatic carbocycles. The van der Waals surface area contributed by atoms with Gasteiger partial charge in [-0.15, -0.1) is 11.3 Å². The molecular weight excluding hydrogens is 218 g/mol. The molecule has 1 saturated heterocycles. The molecule has 1 aliphatic rings. The zero-order valence-corrected chi connectivity index (χ0v) is 11.2. The van der Waals surface area contributed by atoms with Gasteiger partial charge in [0, 0.05) is 23.7 Å². The summed E-state index contributed by atoms with van der Waals surface area (Å²) in [5.74, 6) is 0. The Bertz CT molecular complexity index is 353. The Morgan fingerprint density at radius 3 is 2.88 bits per heavy atom. The van der Waals surface area contributed by atoms with Crippen molar-refractivity contribution in [2.24, 2.45) is 5.41 Å². The molecule has 0 amide bonds. The number of likely N-dealkylation sites (tertiary alicyclic amines) is 1. The Kier molecular flexibility index (Phi) is 3.22. The lowest BCUT2D eigenvalue weighted by atomic mass is 9.85. The van der Waals surface area contributed by atoms with Gasteiger partial charge in [-0.25, -0.2) is 4.98 Å². The molecule has 2 rings (SSSR count). The molecule has 3 nitrogen and oxygen atoms in total. The summed E-state index contributed by atoms with van der Waals surface area (Å²) in [7, 11) is 0. The van der Waals surface area contributed by atoms with Crippen LogP contribution in [0.15, 0.2) is 6.20 Å². The van der Waals surface area contributed by atoms with Crippen LogP contribution in [-0.4, -0.2) is 22.5 Å². The van der Waals surface area contributed by atoms with Crippen molar-refractivity contribution in [3.8, 4) is 0 Å². The monoisotopic (exact) mass is 239 g/mol. The minimum Gasteiger partial charge on any atom is -0.375 e. The van der Waals surface area contributed by atoms with Crippen LogP contribution in [0.2, 0.25) is 0 Å². The van der Waals surface area contributed by atoms with Crippen LogP contribution < -0.4 is 5.73 Å². The fourth-order valence-corrected chi connectivity index (χ4v) is 3.30. The molecule has 0 spiro atoms. The van der Waals surface area contributed by atoms with Crippen molar-refractivity contribution in [1.29, 1.82) is 0 Å². The summed E-state index contributed by atoms with van der Waals surface area (Å²) in [6.07, 6.45) is 4.55. The van der Waals surface area contributed by atoms with Crippen molar-refractivity contribution in [2.45, 2.75) is 46.2 Å². The first kappa shape index (κ1) is 11.9. The van der Waals surface area contributed by atoms with Gasteiger partial charge in [0.15, 0.2) is 5.13 Å². The van der Waals surface area contributed by atoms with E-state index in [9.17, 15) is 0 Å². The number of hydrogen-bond donors (Lipinski definition) is 1. The summed E-state index contributed by atoms with van der Waals surface area (Å²) in [5.41, 5.74) is 6.03. The number of nitrogens with zero attached hydrogens (tertiary/aromatic N) is 2. The van der Waals surface area contributed by atoms with E-state index in [4.69, 9.17) is 5.73 Å². The summed E-state index contributed by atoms with van der Waals surface area (Å²) in [5, 5.41) is 0.682. The highest BCUT2D eigenvalue weighted by atomic mass is 32.1. The normalized spacial score (nSPS) is 22.8. The van der Waals surface area contributed by atoms with Gasteiger partial charge in [-0.1, -0.05) is 20.8 Å². The van der Waals surface area contributed by atoms with Gasteiger partial charge in [-0.3, -0.25) is 4.90 Å². The fraction of sp³-hybridized carbons (Fsp3) is 0.750. The molecule has 1 fully saturated rings. The third-order valence-electron chi connectivity index (χ3n) is 3.29. The Morgan fingerprint density at radius 2 is 2.31 bits per heavy atom. The maximum atomic E-state index is 5.66. The van der Waals surface area contributed by atoms with Crippen LogP contribution in [0.4, 0.5) is 5.13 Å². The zero-order valence-electron chi connectivity index (χ0n) is 10.4. The van der Waals surface area contributed by atoms with Crippen molar-refractivity contribution in [3.63, 3.8) is 0 Å². The molecule has 1 aliphatic heterocycles. The summed E-state index contributed by atoms with van der Waals surface area (Å²) in [6, 6.07) is 0.691. The first-order valence-corrected chi connectivity index (χ1v) is 6.73. The highest BCUT2D eigenvalue weighted by Crippen LogP contribution is 2.34. The summed E-state index contributed by atoms with van der Waals surface area (Å²) >= 11 is 1.61. The quantitative estimate of drug-likeness (QED) is 0.863. The van der Waals surface area contributed by atoms with Gasteiger partial charge >= 0.3 is 0 Å². The largest absolute Gasteiger partial charge is 0.375 e. The highest BCUT2D eigenvalue weighted by molar-refractivity contribution is 7.15. The molecule has 16 heavy (non-hydrogen) atoms. The van der Waals surface area contributed by atoms with Crippen molar-refractivity contribution < 1.29 is 0 Å². The molecule has 1 unspecified atom stereocenters.